The summed E-state index contributed by atoms with van der Waals surface area (Å²) in [6.07, 6.45) is 4.22. The van der Waals surface area contributed by atoms with Crippen molar-refractivity contribution in [3.8, 4) is 0 Å². The number of aromatic amines is 1. The first kappa shape index (κ1) is 19.9. The van der Waals surface area contributed by atoms with Crippen molar-refractivity contribution >= 4 is 39.7 Å². The first-order valence-corrected chi connectivity index (χ1v) is 8.23. The van der Waals surface area contributed by atoms with Crippen molar-refractivity contribution in [2.45, 2.75) is 13.8 Å². The van der Waals surface area contributed by atoms with Crippen LogP contribution in [0.3, 0.4) is 0 Å². The van der Waals surface area contributed by atoms with E-state index in [4.69, 9.17) is 11.6 Å². The molecule has 3 aromatic rings. The number of amides is 1. The molecule has 0 bridgehead atoms. The zero-order chi connectivity index (χ0) is 17.1. The maximum Gasteiger partial charge on any atom is 0.267 e. The first-order chi connectivity index (χ1) is 11.5. The van der Waals surface area contributed by atoms with E-state index in [-0.39, 0.29) is 38.6 Å². The van der Waals surface area contributed by atoms with Gasteiger partial charge in [-0.3, -0.25) is 9.79 Å². The summed E-state index contributed by atoms with van der Waals surface area (Å²) in [5, 5.41) is 3.77. The van der Waals surface area contributed by atoms with Gasteiger partial charge in [0.15, 0.2) is 5.13 Å². The monoisotopic (exact) mass is 447 g/mol. The van der Waals surface area contributed by atoms with Gasteiger partial charge in [-0.1, -0.05) is 48.2 Å². The molecular formula is C16H13ClN5OSY-. The zero-order valence-electron chi connectivity index (χ0n) is 13.5. The van der Waals surface area contributed by atoms with Gasteiger partial charge in [0.05, 0.1) is 16.9 Å². The minimum Gasteiger partial charge on any atom is -0.434 e. The molecule has 0 saturated heterocycles. The van der Waals surface area contributed by atoms with Crippen LogP contribution in [-0.4, -0.2) is 20.9 Å². The molecule has 0 atom stereocenters. The number of rotatable bonds is 3. The summed E-state index contributed by atoms with van der Waals surface area (Å²) >= 11 is 7.31. The minimum absolute atomic E-state index is 0. The van der Waals surface area contributed by atoms with Crippen molar-refractivity contribution in [1.29, 1.82) is 0 Å². The van der Waals surface area contributed by atoms with Gasteiger partial charge >= 0.3 is 0 Å². The topological polar surface area (TPSA) is 83.0 Å². The van der Waals surface area contributed by atoms with Gasteiger partial charge in [0.2, 0.25) is 0 Å². The van der Waals surface area contributed by atoms with Crippen LogP contribution in [-0.2, 0) is 32.7 Å². The Morgan fingerprint density at radius 1 is 1.40 bits per heavy atom. The number of H-pyrrole nitrogens is 1. The Hall–Kier alpha value is -1.41. The Balaban J connectivity index is 0.00000225. The second kappa shape index (κ2) is 8.80. The number of nitrogens with one attached hydrogen (secondary N) is 2. The van der Waals surface area contributed by atoms with E-state index < -0.39 is 0 Å². The molecule has 0 aliphatic heterocycles. The molecule has 1 radical (unpaired) electrons. The predicted molar refractivity (Wildman–Crippen MR) is 93.6 cm³/mol. The summed E-state index contributed by atoms with van der Waals surface area (Å²) in [7, 11) is 0. The maximum atomic E-state index is 12.4. The SMILES string of the molecule is Cc1n[c-]cc(=Nc2ncc(C(=O)Nc3c(C)cccc3Cl)s2)[nH]1.[Y]. The Morgan fingerprint density at radius 2 is 2.20 bits per heavy atom. The van der Waals surface area contributed by atoms with Gasteiger partial charge in [-0.05, 0) is 24.4 Å². The normalized spacial score (nSPS) is 11.1. The second-order valence-corrected chi connectivity index (χ2v) is 6.40. The molecule has 0 saturated carbocycles. The van der Waals surface area contributed by atoms with Gasteiger partial charge in [-0.25, -0.2) is 4.98 Å². The number of anilines is 1. The summed E-state index contributed by atoms with van der Waals surface area (Å²) in [5.41, 5.74) is 2.07. The van der Waals surface area contributed by atoms with Crippen LogP contribution in [0, 0.1) is 20.0 Å². The average molecular weight is 448 g/mol. The molecule has 25 heavy (non-hydrogen) atoms. The number of aromatic nitrogens is 3. The van der Waals surface area contributed by atoms with E-state index in [1.807, 2.05) is 26.0 Å². The molecule has 2 heterocycles. The number of benzene rings is 1. The van der Waals surface area contributed by atoms with Crippen molar-refractivity contribution in [2.75, 3.05) is 5.32 Å². The van der Waals surface area contributed by atoms with E-state index >= 15 is 0 Å². The van der Waals surface area contributed by atoms with Gasteiger partial charge in [-0.2, -0.15) is 0 Å². The molecule has 0 unspecified atom stereocenters. The number of aryl methyl sites for hydroxylation is 2. The molecule has 2 N–H and O–H groups in total. The maximum absolute atomic E-state index is 12.4. The molecule has 6 nitrogen and oxygen atoms in total. The quantitative estimate of drug-likeness (QED) is 0.604. The van der Waals surface area contributed by atoms with E-state index in [1.54, 1.807) is 12.1 Å². The van der Waals surface area contributed by atoms with E-state index in [2.05, 4.69) is 31.5 Å². The van der Waals surface area contributed by atoms with E-state index in [0.29, 0.717) is 32.0 Å². The molecule has 2 aromatic heterocycles. The van der Waals surface area contributed by atoms with Crippen molar-refractivity contribution in [2.24, 2.45) is 4.99 Å². The van der Waals surface area contributed by atoms with Crippen molar-refractivity contribution in [3.05, 3.63) is 63.4 Å². The number of nitrogens with zero attached hydrogens (tertiary/aromatic N) is 3. The number of carbonyl (C=O) groups is 1. The molecular weight excluding hydrogens is 435 g/mol. The van der Waals surface area contributed by atoms with E-state index in [9.17, 15) is 4.79 Å². The summed E-state index contributed by atoms with van der Waals surface area (Å²) < 4.78 is 0. The average Bonchev–Trinajstić information content (AvgIpc) is 2.99. The fourth-order valence-corrected chi connectivity index (χ4v) is 2.95. The molecule has 0 spiro atoms. The van der Waals surface area contributed by atoms with Crippen molar-refractivity contribution in [3.63, 3.8) is 0 Å². The number of hydrogen-bond donors (Lipinski definition) is 2. The summed E-state index contributed by atoms with van der Waals surface area (Å²) in [6.45, 7) is 3.69. The molecule has 9 heteroatoms. The Kier molecular flexibility index (Phi) is 7.01. The fraction of sp³-hybridized carbons (Fsp3) is 0.125. The molecule has 1 amide bonds. The summed E-state index contributed by atoms with van der Waals surface area (Å²) in [5.74, 6) is 0.423. The smallest absolute Gasteiger partial charge is 0.267 e. The van der Waals surface area contributed by atoms with Crippen LogP contribution in [0.5, 0.6) is 0 Å². The predicted octanol–water partition coefficient (Wildman–Crippen LogP) is 3.42. The first-order valence-electron chi connectivity index (χ1n) is 7.04. The molecule has 0 fully saturated rings. The van der Waals surface area contributed by atoms with Gasteiger partial charge in [-0.15, -0.1) is 6.07 Å². The Bertz CT molecular complexity index is 949. The van der Waals surface area contributed by atoms with Crippen LogP contribution in [0.4, 0.5) is 10.8 Å². The molecule has 0 aliphatic rings. The zero-order valence-corrected chi connectivity index (χ0v) is 17.9. The van der Waals surface area contributed by atoms with Crippen LogP contribution in [0.1, 0.15) is 21.1 Å². The standard InChI is InChI=1S/C16H13ClN5OS.Y/c1-9-4-3-5-11(17)14(9)22-15(23)12-8-19-16(24-12)21-13-6-7-18-10(2)20-13;/h3-6,8H,1-2H3,(H,22,23)(H,18,19,20,21);/q-1;. The fourth-order valence-electron chi connectivity index (χ4n) is 1.99. The van der Waals surface area contributed by atoms with Crippen LogP contribution in [0.2, 0.25) is 5.02 Å². The van der Waals surface area contributed by atoms with E-state index in [0.717, 1.165) is 5.56 Å². The van der Waals surface area contributed by atoms with Gasteiger partial charge in [0, 0.05) is 38.2 Å². The van der Waals surface area contributed by atoms with Crippen LogP contribution < -0.4 is 10.8 Å². The third-order valence-electron chi connectivity index (χ3n) is 3.14. The van der Waals surface area contributed by atoms with Crippen LogP contribution >= 0.6 is 22.9 Å². The van der Waals surface area contributed by atoms with Gasteiger partial charge in [0.1, 0.15) is 4.88 Å². The number of hydrogen-bond acceptors (Lipinski definition) is 5. The number of halogens is 1. The third-order valence-corrected chi connectivity index (χ3v) is 4.34. The Morgan fingerprint density at radius 3 is 2.92 bits per heavy atom. The largest absolute Gasteiger partial charge is 0.434 e. The van der Waals surface area contributed by atoms with Crippen molar-refractivity contribution in [1.82, 2.24) is 15.0 Å². The number of para-hydroxylation sites is 1. The second-order valence-electron chi connectivity index (χ2n) is 4.99. The minimum atomic E-state index is -0.272. The Labute approximate surface area is 178 Å². The molecule has 3 rings (SSSR count). The van der Waals surface area contributed by atoms with Crippen LogP contribution in [0.15, 0.2) is 35.5 Å². The van der Waals surface area contributed by atoms with Gasteiger partial charge in [0.25, 0.3) is 5.91 Å². The number of thiazole rings is 1. The van der Waals surface area contributed by atoms with Crippen molar-refractivity contribution < 1.29 is 37.5 Å². The molecule has 0 aliphatic carbocycles. The molecule has 125 valence electrons. The molecule has 1 aromatic carbocycles. The number of carbonyl (C=O) groups excluding carboxylic acids is 1. The summed E-state index contributed by atoms with van der Waals surface area (Å²) in [4.78, 5) is 28.2. The van der Waals surface area contributed by atoms with E-state index in [1.165, 1.54) is 17.5 Å². The summed E-state index contributed by atoms with van der Waals surface area (Å²) in [6, 6.07) is 7.06. The third kappa shape index (κ3) is 5.04. The van der Waals surface area contributed by atoms with Gasteiger partial charge < -0.3 is 15.3 Å². The van der Waals surface area contributed by atoms with Crippen LogP contribution in [0.25, 0.3) is 0 Å².